The molecule has 102 valence electrons. The maximum atomic E-state index is 5.98. The smallest absolute Gasteiger partial charge is 0.0630 e. The maximum absolute atomic E-state index is 5.98. The average Bonchev–Trinajstić information content (AvgIpc) is 3.14. The topological polar surface area (TPSA) is 43.8 Å². The van der Waals surface area contributed by atoms with Crippen molar-refractivity contribution in [3.8, 4) is 0 Å². The normalized spacial score (nSPS) is 19.2. The molecule has 1 aliphatic carbocycles. The first-order valence-electron chi connectivity index (χ1n) is 7.37. The van der Waals surface area contributed by atoms with E-state index < -0.39 is 0 Å². The van der Waals surface area contributed by atoms with E-state index in [0.29, 0.717) is 6.04 Å². The highest BCUT2D eigenvalue weighted by atomic mass is 15.3. The predicted molar refractivity (Wildman–Crippen MR) is 75.4 cm³/mol. The Morgan fingerprint density at radius 3 is 2.61 bits per heavy atom. The fourth-order valence-corrected chi connectivity index (χ4v) is 2.92. The van der Waals surface area contributed by atoms with E-state index in [9.17, 15) is 0 Å². The van der Waals surface area contributed by atoms with Gasteiger partial charge < -0.3 is 5.73 Å². The number of aromatic nitrogens is 2. The third-order valence-electron chi connectivity index (χ3n) is 4.59. The lowest BCUT2D eigenvalue weighted by Crippen LogP contribution is -2.32. The molecule has 0 amide bonds. The molecule has 1 aromatic rings. The highest BCUT2D eigenvalue weighted by Crippen LogP contribution is 2.46. The molecule has 0 radical (unpaired) electrons. The van der Waals surface area contributed by atoms with Crippen molar-refractivity contribution in [2.75, 3.05) is 6.54 Å². The van der Waals surface area contributed by atoms with Crippen LogP contribution in [0.25, 0.3) is 0 Å². The molecule has 3 heteroatoms. The minimum atomic E-state index is 0.257. The van der Waals surface area contributed by atoms with Crippen molar-refractivity contribution in [1.29, 1.82) is 0 Å². The fraction of sp³-hybridized carbons (Fsp3) is 0.800. The molecular formula is C15H27N3. The van der Waals surface area contributed by atoms with E-state index in [1.165, 1.54) is 18.5 Å². The second kappa shape index (κ2) is 5.43. The van der Waals surface area contributed by atoms with Gasteiger partial charge >= 0.3 is 0 Å². The van der Waals surface area contributed by atoms with Crippen LogP contribution in [0.15, 0.2) is 12.3 Å². The average molecular weight is 249 g/mol. The van der Waals surface area contributed by atoms with E-state index >= 15 is 0 Å². The van der Waals surface area contributed by atoms with Crippen molar-refractivity contribution in [3.05, 3.63) is 18.0 Å². The summed E-state index contributed by atoms with van der Waals surface area (Å²) >= 11 is 0. The fourth-order valence-electron chi connectivity index (χ4n) is 2.92. The van der Waals surface area contributed by atoms with Gasteiger partial charge in [-0.25, -0.2) is 0 Å². The van der Waals surface area contributed by atoms with Gasteiger partial charge in [-0.15, -0.1) is 0 Å². The van der Waals surface area contributed by atoms with E-state index in [-0.39, 0.29) is 5.41 Å². The Kier molecular flexibility index (Phi) is 4.10. The SMILES string of the molecule is CCC(CC)n1ccc(CC(C)(CN)C2CC2)n1. The Hall–Kier alpha value is -0.830. The van der Waals surface area contributed by atoms with Crippen LogP contribution in [0.3, 0.4) is 0 Å². The molecule has 1 heterocycles. The van der Waals surface area contributed by atoms with Gasteiger partial charge in [-0.05, 0) is 56.0 Å². The monoisotopic (exact) mass is 249 g/mol. The Morgan fingerprint density at radius 1 is 1.44 bits per heavy atom. The molecule has 0 aliphatic heterocycles. The van der Waals surface area contributed by atoms with Crippen molar-refractivity contribution in [1.82, 2.24) is 9.78 Å². The molecule has 0 bridgehead atoms. The minimum absolute atomic E-state index is 0.257. The number of hydrogen-bond acceptors (Lipinski definition) is 2. The number of hydrogen-bond donors (Lipinski definition) is 1. The van der Waals surface area contributed by atoms with Gasteiger partial charge in [0, 0.05) is 6.20 Å². The number of rotatable bonds is 7. The van der Waals surface area contributed by atoms with Crippen LogP contribution in [0.2, 0.25) is 0 Å². The number of nitrogens with zero attached hydrogens (tertiary/aromatic N) is 2. The molecule has 3 nitrogen and oxygen atoms in total. The summed E-state index contributed by atoms with van der Waals surface area (Å²) in [4.78, 5) is 0. The molecule has 0 saturated heterocycles. The first-order chi connectivity index (χ1) is 8.62. The summed E-state index contributed by atoms with van der Waals surface area (Å²) in [6.07, 6.45) is 8.16. The second-order valence-electron chi connectivity index (χ2n) is 6.07. The maximum Gasteiger partial charge on any atom is 0.0630 e. The summed E-state index contributed by atoms with van der Waals surface area (Å²) < 4.78 is 2.14. The number of nitrogens with two attached hydrogens (primary N) is 1. The summed E-state index contributed by atoms with van der Waals surface area (Å²) in [5.74, 6) is 0.820. The zero-order valence-electron chi connectivity index (χ0n) is 12.0. The van der Waals surface area contributed by atoms with Crippen LogP contribution in [-0.2, 0) is 6.42 Å². The van der Waals surface area contributed by atoms with E-state index in [1.807, 2.05) is 0 Å². The molecule has 1 saturated carbocycles. The lowest BCUT2D eigenvalue weighted by atomic mass is 9.80. The van der Waals surface area contributed by atoms with Gasteiger partial charge in [0.25, 0.3) is 0 Å². The molecule has 2 N–H and O–H groups in total. The van der Waals surface area contributed by atoms with Crippen LogP contribution >= 0.6 is 0 Å². The predicted octanol–water partition coefficient (Wildman–Crippen LogP) is 3.16. The highest BCUT2D eigenvalue weighted by Gasteiger charge is 2.40. The third-order valence-corrected chi connectivity index (χ3v) is 4.59. The second-order valence-corrected chi connectivity index (χ2v) is 6.07. The summed E-state index contributed by atoms with van der Waals surface area (Å²) in [6, 6.07) is 2.72. The van der Waals surface area contributed by atoms with Crippen molar-refractivity contribution < 1.29 is 0 Å². The van der Waals surface area contributed by atoms with Crippen LogP contribution < -0.4 is 5.73 Å². The Morgan fingerprint density at radius 2 is 2.11 bits per heavy atom. The first-order valence-corrected chi connectivity index (χ1v) is 7.37. The largest absolute Gasteiger partial charge is 0.330 e. The van der Waals surface area contributed by atoms with Gasteiger partial charge in [0.2, 0.25) is 0 Å². The quantitative estimate of drug-likeness (QED) is 0.806. The Balaban J connectivity index is 2.05. The van der Waals surface area contributed by atoms with Crippen LogP contribution in [0.1, 0.15) is 58.2 Å². The molecule has 0 aromatic carbocycles. The lowest BCUT2D eigenvalue weighted by Gasteiger charge is -2.27. The molecule has 1 aromatic heterocycles. The van der Waals surface area contributed by atoms with Crippen molar-refractivity contribution in [2.24, 2.45) is 17.1 Å². The summed E-state index contributed by atoms with van der Waals surface area (Å²) in [5.41, 5.74) is 7.45. The molecule has 2 rings (SSSR count). The molecule has 0 spiro atoms. The zero-order valence-corrected chi connectivity index (χ0v) is 12.0. The summed E-state index contributed by atoms with van der Waals surface area (Å²) in [7, 11) is 0. The zero-order chi connectivity index (χ0) is 13.2. The van der Waals surface area contributed by atoms with Gasteiger partial charge in [-0.3, -0.25) is 4.68 Å². The van der Waals surface area contributed by atoms with Crippen LogP contribution in [0.5, 0.6) is 0 Å². The standard InChI is InChI=1S/C15H27N3/c1-4-14(5-2)18-9-8-13(17-18)10-15(3,11-16)12-6-7-12/h8-9,12,14H,4-7,10-11,16H2,1-3H3. The van der Waals surface area contributed by atoms with Gasteiger partial charge in [-0.1, -0.05) is 20.8 Å². The molecule has 1 aliphatic rings. The van der Waals surface area contributed by atoms with E-state index in [1.54, 1.807) is 0 Å². The molecular weight excluding hydrogens is 222 g/mol. The third kappa shape index (κ3) is 2.77. The van der Waals surface area contributed by atoms with Crippen LogP contribution in [0, 0.1) is 11.3 Å². The Labute approximate surface area is 111 Å². The first kappa shape index (κ1) is 13.6. The van der Waals surface area contributed by atoms with E-state index in [4.69, 9.17) is 10.8 Å². The van der Waals surface area contributed by atoms with Crippen molar-refractivity contribution >= 4 is 0 Å². The lowest BCUT2D eigenvalue weighted by molar-refractivity contribution is 0.277. The highest BCUT2D eigenvalue weighted by molar-refractivity contribution is 5.06. The van der Waals surface area contributed by atoms with Gasteiger partial charge in [-0.2, -0.15) is 5.10 Å². The summed E-state index contributed by atoms with van der Waals surface area (Å²) in [6.45, 7) is 7.55. The Bertz CT molecular complexity index is 377. The summed E-state index contributed by atoms with van der Waals surface area (Å²) in [5, 5.41) is 4.76. The van der Waals surface area contributed by atoms with Crippen LogP contribution in [0.4, 0.5) is 0 Å². The molecule has 1 unspecified atom stereocenters. The van der Waals surface area contributed by atoms with Gasteiger partial charge in [0.1, 0.15) is 0 Å². The van der Waals surface area contributed by atoms with Gasteiger partial charge in [0.05, 0.1) is 11.7 Å². The van der Waals surface area contributed by atoms with Crippen LogP contribution in [-0.4, -0.2) is 16.3 Å². The minimum Gasteiger partial charge on any atom is -0.330 e. The van der Waals surface area contributed by atoms with Crippen molar-refractivity contribution in [3.63, 3.8) is 0 Å². The molecule has 18 heavy (non-hydrogen) atoms. The molecule has 1 fully saturated rings. The molecule has 1 atom stereocenters. The van der Waals surface area contributed by atoms with Crippen molar-refractivity contribution in [2.45, 2.75) is 58.9 Å². The van der Waals surface area contributed by atoms with Gasteiger partial charge in [0.15, 0.2) is 0 Å². The van der Waals surface area contributed by atoms with E-state index in [2.05, 4.69) is 37.7 Å². The van der Waals surface area contributed by atoms with E-state index in [0.717, 1.165) is 31.7 Å².